The summed E-state index contributed by atoms with van der Waals surface area (Å²) in [4.78, 5) is 38.2. The maximum atomic E-state index is 12.9. The first-order valence-electron chi connectivity index (χ1n) is 9.35. The lowest BCUT2D eigenvalue weighted by Crippen LogP contribution is -2.53. The van der Waals surface area contributed by atoms with Gasteiger partial charge in [-0.2, -0.15) is 0 Å². The van der Waals surface area contributed by atoms with Crippen LogP contribution in [0, 0.1) is 5.92 Å². The van der Waals surface area contributed by atoms with Crippen LogP contribution in [0.5, 0.6) is 0 Å². The number of nitrogens with zero attached hydrogens (tertiary/aromatic N) is 1. The number of carboxylic acids is 1. The van der Waals surface area contributed by atoms with E-state index in [1.807, 2.05) is 30.3 Å². The van der Waals surface area contributed by atoms with Crippen LogP contribution in [0.1, 0.15) is 44.6 Å². The number of carbonyl (C=O) groups is 3. The summed E-state index contributed by atoms with van der Waals surface area (Å²) in [5.74, 6) is -1.14. The zero-order chi connectivity index (χ0) is 18.7. The maximum Gasteiger partial charge on any atom is 0.326 e. The Bertz CT molecular complexity index is 676. The molecule has 0 unspecified atom stereocenters. The summed E-state index contributed by atoms with van der Waals surface area (Å²) in [6, 6.07) is 8.24. The monoisotopic (exact) mass is 358 g/mol. The summed E-state index contributed by atoms with van der Waals surface area (Å²) in [6.07, 6.45) is 4.31. The topological polar surface area (TPSA) is 86.7 Å². The molecule has 1 heterocycles. The molecule has 1 aliphatic carbocycles. The van der Waals surface area contributed by atoms with Crippen LogP contribution in [0.25, 0.3) is 0 Å². The van der Waals surface area contributed by atoms with Crippen LogP contribution in [-0.4, -0.2) is 45.9 Å². The Morgan fingerprint density at radius 2 is 1.96 bits per heavy atom. The summed E-state index contributed by atoms with van der Waals surface area (Å²) in [7, 11) is 0. The fraction of sp³-hybridized carbons (Fsp3) is 0.550. The van der Waals surface area contributed by atoms with E-state index in [0.717, 1.165) is 24.8 Å². The lowest BCUT2D eigenvalue weighted by Gasteiger charge is -2.30. The van der Waals surface area contributed by atoms with Crippen molar-refractivity contribution in [2.45, 2.75) is 63.6 Å². The maximum absolute atomic E-state index is 12.9. The van der Waals surface area contributed by atoms with Crippen molar-refractivity contribution in [1.82, 2.24) is 10.2 Å². The molecule has 6 nitrogen and oxygen atoms in total. The second kappa shape index (κ2) is 7.89. The number of aryl methyl sites for hydroxylation is 1. The van der Waals surface area contributed by atoms with Crippen LogP contribution in [0.15, 0.2) is 30.3 Å². The molecule has 140 valence electrons. The number of benzene rings is 1. The highest BCUT2D eigenvalue weighted by Gasteiger charge is 2.49. The van der Waals surface area contributed by atoms with Gasteiger partial charge in [-0.25, -0.2) is 4.79 Å². The Hall–Kier alpha value is -2.37. The molecule has 2 amide bonds. The van der Waals surface area contributed by atoms with Gasteiger partial charge in [-0.15, -0.1) is 0 Å². The number of fused-ring (bicyclic) bond motifs is 1. The van der Waals surface area contributed by atoms with Crippen molar-refractivity contribution in [3.8, 4) is 0 Å². The molecular weight excluding hydrogens is 332 g/mol. The van der Waals surface area contributed by atoms with E-state index in [2.05, 4.69) is 5.32 Å². The highest BCUT2D eigenvalue weighted by molar-refractivity contribution is 5.91. The largest absolute Gasteiger partial charge is 0.480 e. The molecule has 1 saturated heterocycles. The SMILES string of the molecule is C[C@H](NC(=O)CCc1ccccc1)C(=O)N1[C@H](C(=O)O)C[C@@H]2CCC[C@@H]21. The van der Waals surface area contributed by atoms with Gasteiger partial charge in [0.15, 0.2) is 0 Å². The van der Waals surface area contributed by atoms with E-state index in [1.54, 1.807) is 6.92 Å². The number of hydrogen-bond acceptors (Lipinski definition) is 3. The second-order valence-corrected chi connectivity index (χ2v) is 7.37. The van der Waals surface area contributed by atoms with Gasteiger partial charge in [0.2, 0.25) is 11.8 Å². The number of carbonyl (C=O) groups excluding carboxylic acids is 2. The van der Waals surface area contributed by atoms with Crippen LogP contribution in [0.3, 0.4) is 0 Å². The van der Waals surface area contributed by atoms with Gasteiger partial charge in [0.25, 0.3) is 0 Å². The highest BCUT2D eigenvalue weighted by Crippen LogP contribution is 2.41. The van der Waals surface area contributed by atoms with Crippen LogP contribution >= 0.6 is 0 Å². The summed E-state index contributed by atoms with van der Waals surface area (Å²) in [6.45, 7) is 1.64. The molecule has 1 aromatic rings. The number of nitrogens with one attached hydrogen (secondary N) is 1. The van der Waals surface area contributed by atoms with E-state index in [0.29, 0.717) is 19.3 Å². The standard InChI is InChI=1S/C20H26N2O4/c1-13(21-18(23)11-10-14-6-3-2-4-7-14)19(24)22-16-9-5-8-15(16)12-17(22)20(25)26/h2-4,6-7,13,15-17H,5,8-12H2,1H3,(H,21,23)(H,25,26)/t13-,15-,16-,17-/m0/s1. The van der Waals surface area contributed by atoms with Gasteiger partial charge in [0.05, 0.1) is 0 Å². The Morgan fingerprint density at radius 1 is 1.23 bits per heavy atom. The minimum absolute atomic E-state index is 0.00673. The molecule has 0 radical (unpaired) electrons. The number of hydrogen-bond donors (Lipinski definition) is 2. The first-order chi connectivity index (χ1) is 12.5. The van der Waals surface area contributed by atoms with Crippen LogP contribution in [-0.2, 0) is 20.8 Å². The van der Waals surface area contributed by atoms with E-state index in [1.165, 1.54) is 4.90 Å². The summed E-state index contributed by atoms with van der Waals surface area (Å²) >= 11 is 0. The summed E-state index contributed by atoms with van der Waals surface area (Å²) in [5.41, 5.74) is 1.07. The van der Waals surface area contributed by atoms with Crippen molar-refractivity contribution in [3.05, 3.63) is 35.9 Å². The third-order valence-corrected chi connectivity index (χ3v) is 5.61. The number of likely N-dealkylation sites (tertiary alicyclic amines) is 1. The zero-order valence-corrected chi connectivity index (χ0v) is 15.1. The highest BCUT2D eigenvalue weighted by atomic mass is 16.4. The van der Waals surface area contributed by atoms with Gasteiger partial charge in [-0.3, -0.25) is 9.59 Å². The molecule has 2 fully saturated rings. The molecule has 2 aliphatic rings. The van der Waals surface area contributed by atoms with Gasteiger partial charge in [-0.05, 0) is 44.1 Å². The van der Waals surface area contributed by atoms with Gasteiger partial charge >= 0.3 is 5.97 Å². The number of carboxylic acid groups (broad SMARTS) is 1. The fourth-order valence-corrected chi connectivity index (χ4v) is 4.33. The third kappa shape index (κ3) is 3.89. The number of rotatable bonds is 6. The van der Waals surface area contributed by atoms with Crippen molar-refractivity contribution in [3.63, 3.8) is 0 Å². The van der Waals surface area contributed by atoms with E-state index in [9.17, 15) is 19.5 Å². The van der Waals surface area contributed by atoms with Crippen LogP contribution in [0.2, 0.25) is 0 Å². The first-order valence-corrected chi connectivity index (χ1v) is 9.35. The molecule has 2 N–H and O–H groups in total. The molecule has 0 spiro atoms. The van der Waals surface area contributed by atoms with Crippen molar-refractivity contribution in [2.24, 2.45) is 5.92 Å². The number of amides is 2. The normalized spacial score (nSPS) is 25.6. The zero-order valence-electron chi connectivity index (χ0n) is 15.1. The predicted octanol–water partition coefficient (Wildman–Crippen LogP) is 1.98. The van der Waals surface area contributed by atoms with E-state index in [-0.39, 0.29) is 23.8 Å². The molecule has 3 rings (SSSR count). The molecule has 1 saturated carbocycles. The quantitative estimate of drug-likeness (QED) is 0.814. The minimum atomic E-state index is -0.949. The number of aliphatic carboxylic acids is 1. The van der Waals surface area contributed by atoms with Crippen molar-refractivity contribution in [2.75, 3.05) is 0 Å². The average Bonchev–Trinajstić information content (AvgIpc) is 3.21. The molecule has 4 atom stereocenters. The van der Waals surface area contributed by atoms with Crippen molar-refractivity contribution in [1.29, 1.82) is 0 Å². The Balaban J connectivity index is 1.57. The second-order valence-electron chi connectivity index (χ2n) is 7.37. The lowest BCUT2D eigenvalue weighted by molar-refractivity contribution is -0.150. The van der Waals surface area contributed by atoms with Gasteiger partial charge < -0.3 is 15.3 Å². The molecule has 1 aromatic carbocycles. The fourth-order valence-electron chi connectivity index (χ4n) is 4.33. The molecule has 0 aromatic heterocycles. The van der Waals surface area contributed by atoms with E-state index < -0.39 is 18.1 Å². The Morgan fingerprint density at radius 3 is 2.65 bits per heavy atom. The summed E-state index contributed by atoms with van der Waals surface area (Å²) < 4.78 is 0. The average molecular weight is 358 g/mol. The summed E-state index contributed by atoms with van der Waals surface area (Å²) in [5, 5.41) is 12.2. The van der Waals surface area contributed by atoms with Gasteiger partial charge in [0, 0.05) is 12.5 Å². The van der Waals surface area contributed by atoms with Crippen LogP contribution < -0.4 is 5.32 Å². The van der Waals surface area contributed by atoms with Gasteiger partial charge in [-0.1, -0.05) is 36.8 Å². The molecular formula is C20H26N2O4. The Labute approximate surface area is 153 Å². The van der Waals surface area contributed by atoms with Crippen LogP contribution in [0.4, 0.5) is 0 Å². The lowest BCUT2D eigenvalue weighted by atomic mass is 10.0. The molecule has 0 bridgehead atoms. The molecule has 1 aliphatic heterocycles. The van der Waals surface area contributed by atoms with Crippen molar-refractivity contribution < 1.29 is 19.5 Å². The molecule has 6 heteroatoms. The first kappa shape index (κ1) is 18.4. The minimum Gasteiger partial charge on any atom is -0.480 e. The predicted molar refractivity (Wildman–Crippen MR) is 96.4 cm³/mol. The third-order valence-electron chi connectivity index (χ3n) is 5.61. The van der Waals surface area contributed by atoms with E-state index in [4.69, 9.17) is 0 Å². The van der Waals surface area contributed by atoms with Gasteiger partial charge in [0.1, 0.15) is 12.1 Å². The van der Waals surface area contributed by atoms with E-state index >= 15 is 0 Å². The molecule has 26 heavy (non-hydrogen) atoms. The smallest absolute Gasteiger partial charge is 0.326 e. The Kier molecular flexibility index (Phi) is 5.59. The van der Waals surface area contributed by atoms with Crippen molar-refractivity contribution >= 4 is 17.8 Å².